The molecule has 0 amide bonds. The van der Waals surface area contributed by atoms with Crippen LogP contribution < -0.4 is 0 Å². The summed E-state index contributed by atoms with van der Waals surface area (Å²) in [5.41, 5.74) is 1.000. The number of carbonyl (C=O) groups is 1. The third-order valence-corrected chi connectivity index (χ3v) is 5.82. The van der Waals surface area contributed by atoms with Gasteiger partial charge >= 0.3 is 5.97 Å². The van der Waals surface area contributed by atoms with Gasteiger partial charge in [-0.3, -0.25) is 4.79 Å². The summed E-state index contributed by atoms with van der Waals surface area (Å²) < 4.78 is 11.9. The maximum absolute atomic E-state index is 11.2. The lowest BCUT2D eigenvalue weighted by atomic mass is 9.97. The van der Waals surface area contributed by atoms with Crippen LogP contribution in [-0.2, 0) is 22.4 Å². The van der Waals surface area contributed by atoms with E-state index in [-0.39, 0.29) is 17.4 Å². The summed E-state index contributed by atoms with van der Waals surface area (Å²) in [6, 6.07) is 14.5. The summed E-state index contributed by atoms with van der Waals surface area (Å²) in [6.07, 6.45) is 3.52. The Labute approximate surface area is 161 Å². The zero-order chi connectivity index (χ0) is 19.4. The molecule has 4 nitrogen and oxygen atoms in total. The van der Waals surface area contributed by atoms with Gasteiger partial charge in [-0.25, -0.2) is 0 Å². The molecular formula is C23H30O4. The quantitative estimate of drug-likeness (QED) is 0.642. The molecule has 3 rings (SSSR count). The van der Waals surface area contributed by atoms with Crippen molar-refractivity contribution in [2.24, 2.45) is 17.3 Å². The summed E-state index contributed by atoms with van der Waals surface area (Å²) in [6.45, 7) is 6.71. The summed E-state index contributed by atoms with van der Waals surface area (Å²) in [4.78, 5) is 11.2. The molecule has 4 heteroatoms. The molecule has 3 atom stereocenters. The fraction of sp³-hybridized carbons (Fsp3) is 0.522. The first-order valence-corrected chi connectivity index (χ1v) is 9.87. The van der Waals surface area contributed by atoms with Crippen LogP contribution in [0.25, 0.3) is 0 Å². The second-order valence-corrected chi connectivity index (χ2v) is 8.23. The summed E-state index contributed by atoms with van der Waals surface area (Å²) in [7, 11) is 0. The highest BCUT2D eigenvalue weighted by Crippen LogP contribution is 2.54. The van der Waals surface area contributed by atoms with Crippen LogP contribution in [-0.4, -0.2) is 23.8 Å². The van der Waals surface area contributed by atoms with Gasteiger partial charge < -0.3 is 14.3 Å². The van der Waals surface area contributed by atoms with Crippen molar-refractivity contribution < 1.29 is 19.1 Å². The molecule has 2 aromatic rings. The third-order valence-electron chi connectivity index (χ3n) is 5.82. The smallest absolute Gasteiger partial charge is 0.309 e. The number of benzene rings is 1. The zero-order valence-electron chi connectivity index (χ0n) is 16.5. The first-order valence-electron chi connectivity index (χ1n) is 9.87. The Morgan fingerprint density at radius 1 is 1.19 bits per heavy atom. The van der Waals surface area contributed by atoms with Crippen LogP contribution >= 0.6 is 0 Å². The number of hydrogen-bond donors (Lipinski definition) is 1. The van der Waals surface area contributed by atoms with Crippen molar-refractivity contribution in [2.45, 2.75) is 52.6 Å². The minimum absolute atomic E-state index is 0.159. The molecule has 1 aliphatic rings. The van der Waals surface area contributed by atoms with E-state index < -0.39 is 5.97 Å². The van der Waals surface area contributed by atoms with Gasteiger partial charge in [-0.2, -0.15) is 0 Å². The fourth-order valence-electron chi connectivity index (χ4n) is 3.87. The van der Waals surface area contributed by atoms with E-state index in [1.54, 1.807) is 0 Å². The average molecular weight is 370 g/mol. The number of rotatable bonds is 10. The molecule has 1 aliphatic carbocycles. The van der Waals surface area contributed by atoms with Crippen molar-refractivity contribution in [1.82, 2.24) is 0 Å². The van der Waals surface area contributed by atoms with Crippen LogP contribution in [0.4, 0.5) is 0 Å². The van der Waals surface area contributed by atoms with Crippen molar-refractivity contribution in [2.75, 3.05) is 6.61 Å². The van der Waals surface area contributed by atoms with Crippen LogP contribution in [0.5, 0.6) is 0 Å². The van der Waals surface area contributed by atoms with Crippen LogP contribution in [0.1, 0.15) is 50.7 Å². The van der Waals surface area contributed by atoms with E-state index in [0.717, 1.165) is 37.2 Å². The Morgan fingerprint density at radius 2 is 1.89 bits per heavy atom. The Hall–Kier alpha value is -2.07. The summed E-state index contributed by atoms with van der Waals surface area (Å²) >= 11 is 0. The van der Waals surface area contributed by atoms with E-state index in [4.69, 9.17) is 9.15 Å². The van der Waals surface area contributed by atoms with Crippen LogP contribution in [0.3, 0.4) is 0 Å². The van der Waals surface area contributed by atoms with E-state index >= 15 is 0 Å². The Bertz CT molecular complexity index is 747. The summed E-state index contributed by atoms with van der Waals surface area (Å²) in [5.74, 6) is 1.36. The molecule has 1 saturated carbocycles. The maximum atomic E-state index is 11.2. The highest BCUT2D eigenvalue weighted by atomic mass is 16.5. The summed E-state index contributed by atoms with van der Waals surface area (Å²) in [5, 5.41) is 9.22. The van der Waals surface area contributed by atoms with Gasteiger partial charge in [-0.1, -0.05) is 57.5 Å². The second-order valence-electron chi connectivity index (χ2n) is 8.23. The van der Waals surface area contributed by atoms with Crippen LogP contribution in [0.15, 0.2) is 46.9 Å². The number of aliphatic carboxylic acids is 1. The first-order chi connectivity index (χ1) is 12.9. The van der Waals surface area contributed by atoms with Crippen molar-refractivity contribution in [3.05, 3.63) is 59.5 Å². The molecule has 3 unspecified atom stereocenters. The molecule has 1 aromatic heterocycles. The van der Waals surface area contributed by atoms with Crippen molar-refractivity contribution in [3.63, 3.8) is 0 Å². The van der Waals surface area contributed by atoms with Gasteiger partial charge in [0.05, 0.1) is 12.0 Å². The van der Waals surface area contributed by atoms with Gasteiger partial charge in [-0.15, -0.1) is 0 Å². The van der Waals surface area contributed by atoms with E-state index in [1.165, 1.54) is 5.56 Å². The predicted molar refractivity (Wildman–Crippen MR) is 105 cm³/mol. The Balaban J connectivity index is 1.46. The van der Waals surface area contributed by atoms with E-state index in [2.05, 4.69) is 31.2 Å². The minimum Gasteiger partial charge on any atom is -0.481 e. The van der Waals surface area contributed by atoms with Gasteiger partial charge in [0.1, 0.15) is 11.5 Å². The predicted octanol–water partition coefficient (Wildman–Crippen LogP) is 4.96. The second kappa shape index (κ2) is 8.30. The highest BCUT2D eigenvalue weighted by Gasteiger charge is 2.63. The maximum Gasteiger partial charge on any atom is 0.309 e. The van der Waals surface area contributed by atoms with Crippen LogP contribution in [0.2, 0.25) is 0 Å². The molecule has 1 N–H and O–H groups in total. The Morgan fingerprint density at radius 3 is 2.52 bits per heavy atom. The lowest BCUT2D eigenvalue weighted by molar-refractivity contribution is -0.140. The number of hydrogen-bond acceptors (Lipinski definition) is 3. The molecule has 1 aromatic carbocycles. The first kappa shape index (κ1) is 19.7. The lowest BCUT2D eigenvalue weighted by Gasteiger charge is -2.14. The number of carboxylic acid groups (broad SMARTS) is 1. The largest absolute Gasteiger partial charge is 0.481 e. The third kappa shape index (κ3) is 4.81. The molecule has 0 saturated heterocycles. The van der Waals surface area contributed by atoms with Crippen LogP contribution in [0, 0.1) is 17.3 Å². The lowest BCUT2D eigenvalue weighted by Crippen LogP contribution is -2.11. The molecular weight excluding hydrogens is 340 g/mol. The minimum atomic E-state index is -0.751. The monoisotopic (exact) mass is 370 g/mol. The molecule has 1 heterocycles. The zero-order valence-corrected chi connectivity index (χ0v) is 16.5. The molecule has 0 radical (unpaired) electrons. The standard InChI is InChI=1S/C23H30O4/c1-4-16(12-13-26-21-20(22(24)25)23(21,2)3)14-18-10-11-19(27-18)15-17-8-6-5-7-9-17/h5-11,16,20-21H,4,12-15H2,1-3H3,(H,24,25). The highest BCUT2D eigenvalue weighted by molar-refractivity contribution is 5.76. The number of ether oxygens (including phenoxy) is 1. The van der Waals surface area contributed by atoms with Gasteiger partial charge in [0.15, 0.2) is 0 Å². The molecule has 27 heavy (non-hydrogen) atoms. The number of furan rings is 1. The Kier molecular flexibility index (Phi) is 6.05. The SMILES string of the molecule is CCC(CCOC1C(C(=O)O)C1(C)C)Cc1ccc(Cc2ccccc2)o1. The molecule has 0 aliphatic heterocycles. The van der Waals surface area contributed by atoms with E-state index in [1.807, 2.05) is 32.0 Å². The van der Waals surface area contributed by atoms with E-state index in [0.29, 0.717) is 12.5 Å². The average Bonchev–Trinajstić information content (AvgIpc) is 2.96. The van der Waals surface area contributed by atoms with Crippen molar-refractivity contribution >= 4 is 5.97 Å². The van der Waals surface area contributed by atoms with Crippen molar-refractivity contribution in [3.8, 4) is 0 Å². The van der Waals surface area contributed by atoms with Gasteiger partial charge in [-0.05, 0) is 30.0 Å². The van der Waals surface area contributed by atoms with Gasteiger partial charge in [0.2, 0.25) is 0 Å². The number of carboxylic acids is 1. The molecule has 0 bridgehead atoms. The molecule has 146 valence electrons. The van der Waals surface area contributed by atoms with E-state index in [9.17, 15) is 9.90 Å². The normalized spacial score (nSPS) is 21.7. The van der Waals surface area contributed by atoms with Crippen molar-refractivity contribution in [1.29, 1.82) is 0 Å². The van der Waals surface area contributed by atoms with Gasteiger partial charge in [0.25, 0.3) is 0 Å². The van der Waals surface area contributed by atoms with Gasteiger partial charge in [0, 0.05) is 24.9 Å². The molecule has 0 spiro atoms. The fourth-order valence-corrected chi connectivity index (χ4v) is 3.87. The topological polar surface area (TPSA) is 59.7 Å². The molecule has 1 fully saturated rings.